The van der Waals surface area contributed by atoms with Crippen molar-refractivity contribution in [1.82, 2.24) is 0 Å². The van der Waals surface area contributed by atoms with Crippen molar-refractivity contribution in [3.8, 4) is 0 Å². The van der Waals surface area contributed by atoms with Gasteiger partial charge in [0.25, 0.3) is 0 Å². The highest BCUT2D eigenvalue weighted by atomic mass is 31.0. The molecule has 1 rings (SSSR count). The predicted molar refractivity (Wildman–Crippen MR) is 79.4 cm³/mol. The van der Waals surface area contributed by atoms with E-state index in [-0.39, 0.29) is 5.82 Å². The van der Waals surface area contributed by atoms with Crippen molar-refractivity contribution >= 4 is 26.8 Å². The molecule has 1 aromatic rings. The molecule has 3 heteroatoms. The lowest BCUT2D eigenvalue weighted by Crippen LogP contribution is -1.99. The molecule has 0 bridgehead atoms. The van der Waals surface area contributed by atoms with Crippen LogP contribution in [0.5, 0.6) is 0 Å². The highest BCUT2D eigenvalue weighted by Crippen LogP contribution is 2.20. The smallest absolute Gasteiger partial charge is 0.130 e. The van der Waals surface area contributed by atoms with Gasteiger partial charge in [-0.15, -0.1) is 9.24 Å². The van der Waals surface area contributed by atoms with Crippen LogP contribution in [-0.4, -0.2) is 6.72 Å². The third-order valence-corrected chi connectivity index (χ3v) is 2.58. The molecule has 0 aromatic heterocycles. The van der Waals surface area contributed by atoms with Crippen molar-refractivity contribution in [2.24, 2.45) is 4.99 Å². The van der Waals surface area contributed by atoms with Crippen LogP contribution < -0.4 is 5.30 Å². The first-order chi connectivity index (χ1) is 8.10. The van der Waals surface area contributed by atoms with Crippen LogP contribution in [0.2, 0.25) is 0 Å². The van der Waals surface area contributed by atoms with Crippen molar-refractivity contribution in [2.75, 3.05) is 0 Å². The summed E-state index contributed by atoms with van der Waals surface area (Å²) in [7, 11) is 2.36. The molecule has 1 atom stereocenters. The summed E-state index contributed by atoms with van der Waals surface area (Å²) in [5.41, 5.74) is 2.54. The van der Waals surface area contributed by atoms with E-state index in [4.69, 9.17) is 0 Å². The molecule has 0 aliphatic rings. The Kier molecular flexibility index (Phi) is 7.32. The summed E-state index contributed by atoms with van der Waals surface area (Å²) in [5.74, 6) is -0.239. The van der Waals surface area contributed by atoms with Gasteiger partial charge in [-0.3, -0.25) is 4.99 Å². The Bertz CT molecular complexity index is 436. The van der Waals surface area contributed by atoms with E-state index in [0.717, 1.165) is 16.8 Å². The first kappa shape index (κ1) is 15.7. The van der Waals surface area contributed by atoms with Crippen LogP contribution in [-0.2, 0) is 0 Å². The van der Waals surface area contributed by atoms with E-state index in [2.05, 4.69) is 27.5 Å². The van der Waals surface area contributed by atoms with E-state index in [1.807, 2.05) is 20.8 Å². The van der Waals surface area contributed by atoms with Gasteiger partial charge in [0, 0.05) is 16.6 Å². The predicted octanol–water partition coefficient (Wildman–Crippen LogP) is 3.97. The molecular weight excluding hydrogens is 232 g/mol. The third-order valence-electron chi connectivity index (χ3n) is 2.14. The normalized spacial score (nSPS) is 10.9. The average molecular weight is 251 g/mol. The molecule has 0 N–H and O–H groups in total. The number of rotatable bonds is 3. The van der Waals surface area contributed by atoms with Gasteiger partial charge in [-0.2, -0.15) is 0 Å². The molecule has 0 radical (unpaired) electrons. The van der Waals surface area contributed by atoms with Crippen LogP contribution >= 0.6 is 9.24 Å². The molecule has 0 aliphatic heterocycles. The van der Waals surface area contributed by atoms with E-state index < -0.39 is 0 Å². The molecule has 0 saturated carbocycles. The van der Waals surface area contributed by atoms with Crippen molar-refractivity contribution in [1.29, 1.82) is 0 Å². The van der Waals surface area contributed by atoms with Crippen LogP contribution in [0.25, 0.3) is 5.57 Å². The molecule has 0 saturated heterocycles. The standard InChI is InChI=1S/C12H13FNP.C2H6/c1-4-10(8(2)14-3)9-5-6-11(13)12(15)7-9;1-2/h4-7H,1,3,15H2,2H3;1-2H3/b10-8+;. The van der Waals surface area contributed by atoms with Gasteiger partial charge in [-0.05, 0) is 31.3 Å². The van der Waals surface area contributed by atoms with E-state index in [0.29, 0.717) is 5.30 Å². The Morgan fingerprint density at radius 3 is 2.41 bits per heavy atom. The molecule has 0 amide bonds. The Hall–Kier alpha value is -1.27. The zero-order chi connectivity index (χ0) is 13.4. The summed E-state index contributed by atoms with van der Waals surface area (Å²) < 4.78 is 13.1. The molecule has 92 valence electrons. The zero-order valence-electron chi connectivity index (χ0n) is 10.6. The quantitative estimate of drug-likeness (QED) is 0.438. The number of hydrogen-bond donors (Lipinski definition) is 0. The summed E-state index contributed by atoms with van der Waals surface area (Å²) in [6.07, 6.45) is 1.70. The lowest BCUT2D eigenvalue weighted by atomic mass is 10.0. The van der Waals surface area contributed by atoms with Crippen molar-refractivity contribution < 1.29 is 4.39 Å². The monoisotopic (exact) mass is 251 g/mol. The summed E-state index contributed by atoms with van der Waals surface area (Å²) in [5, 5.41) is 0.531. The molecule has 1 unspecified atom stereocenters. The number of hydrogen-bond acceptors (Lipinski definition) is 1. The molecule has 0 heterocycles. The number of aliphatic imine (C=N–C) groups is 1. The Labute approximate surface area is 105 Å². The van der Waals surface area contributed by atoms with Crippen LogP contribution in [0, 0.1) is 5.82 Å². The molecule has 0 spiro atoms. The topological polar surface area (TPSA) is 12.4 Å². The fourth-order valence-corrected chi connectivity index (χ4v) is 1.55. The van der Waals surface area contributed by atoms with Crippen LogP contribution in [0.15, 0.2) is 41.5 Å². The highest BCUT2D eigenvalue weighted by molar-refractivity contribution is 7.27. The maximum atomic E-state index is 13.1. The van der Waals surface area contributed by atoms with Crippen LogP contribution in [0.4, 0.5) is 4.39 Å². The minimum absolute atomic E-state index is 0.239. The van der Waals surface area contributed by atoms with Crippen molar-refractivity contribution in [3.63, 3.8) is 0 Å². The van der Waals surface area contributed by atoms with Crippen molar-refractivity contribution in [3.05, 3.63) is 47.9 Å². The van der Waals surface area contributed by atoms with E-state index in [9.17, 15) is 4.39 Å². The molecule has 0 aliphatic carbocycles. The average Bonchev–Trinajstić information content (AvgIpc) is 2.36. The van der Waals surface area contributed by atoms with Gasteiger partial charge in [0.2, 0.25) is 0 Å². The van der Waals surface area contributed by atoms with E-state index in [1.165, 1.54) is 6.07 Å². The second kappa shape index (κ2) is 7.92. The fourth-order valence-electron chi connectivity index (χ4n) is 1.27. The molecule has 17 heavy (non-hydrogen) atoms. The lowest BCUT2D eigenvalue weighted by molar-refractivity contribution is 0.636. The largest absolute Gasteiger partial charge is 0.269 e. The number of allylic oxidation sites excluding steroid dienone is 3. The Morgan fingerprint density at radius 2 is 2.00 bits per heavy atom. The fraction of sp³-hybridized carbons (Fsp3) is 0.214. The highest BCUT2D eigenvalue weighted by Gasteiger charge is 2.04. The maximum Gasteiger partial charge on any atom is 0.130 e. The molecule has 0 fully saturated rings. The first-order valence-electron chi connectivity index (χ1n) is 5.45. The summed E-state index contributed by atoms with van der Waals surface area (Å²) >= 11 is 0. The maximum absolute atomic E-state index is 13.1. The second-order valence-electron chi connectivity index (χ2n) is 3.10. The Morgan fingerprint density at radius 1 is 1.41 bits per heavy atom. The SMILES string of the molecule is C=C/C(=C(/C)N=C)c1ccc(F)c(P)c1.CC. The molecular formula is C14H19FNP. The number of nitrogens with zero attached hydrogens (tertiary/aromatic N) is 1. The van der Waals surface area contributed by atoms with Gasteiger partial charge in [-0.25, -0.2) is 4.39 Å². The van der Waals surface area contributed by atoms with E-state index in [1.54, 1.807) is 18.2 Å². The van der Waals surface area contributed by atoms with Gasteiger partial charge < -0.3 is 0 Å². The first-order valence-corrected chi connectivity index (χ1v) is 6.03. The third kappa shape index (κ3) is 4.24. The van der Waals surface area contributed by atoms with Gasteiger partial charge in [-0.1, -0.05) is 32.6 Å². The summed E-state index contributed by atoms with van der Waals surface area (Å²) in [4.78, 5) is 3.85. The second-order valence-corrected chi connectivity index (χ2v) is 3.72. The Balaban J connectivity index is 0.00000121. The lowest BCUT2D eigenvalue weighted by Gasteiger charge is -2.06. The van der Waals surface area contributed by atoms with Crippen LogP contribution in [0.1, 0.15) is 26.3 Å². The van der Waals surface area contributed by atoms with Crippen molar-refractivity contribution in [2.45, 2.75) is 20.8 Å². The minimum atomic E-state index is -0.239. The van der Waals surface area contributed by atoms with Gasteiger partial charge >= 0.3 is 0 Å². The number of benzene rings is 1. The van der Waals surface area contributed by atoms with E-state index >= 15 is 0 Å². The minimum Gasteiger partial charge on any atom is -0.269 e. The molecule has 1 aromatic carbocycles. The number of halogens is 1. The van der Waals surface area contributed by atoms with Crippen LogP contribution in [0.3, 0.4) is 0 Å². The van der Waals surface area contributed by atoms with Gasteiger partial charge in [0.1, 0.15) is 5.82 Å². The van der Waals surface area contributed by atoms with Gasteiger partial charge in [0.15, 0.2) is 0 Å². The zero-order valence-corrected chi connectivity index (χ0v) is 11.8. The molecule has 1 nitrogen and oxygen atoms in total. The summed E-state index contributed by atoms with van der Waals surface area (Å²) in [6.45, 7) is 13.0. The van der Waals surface area contributed by atoms with Gasteiger partial charge in [0.05, 0.1) is 0 Å². The summed E-state index contributed by atoms with van der Waals surface area (Å²) in [6, 6.07) is 4.87.